The Morgan fingerprint density at radius 2 is 1.50 bits per heavy atom. The molecule has 0 heterocycles. The molecule has 0 amide bonds. The summed E-state index contributed by atoms with van der Waals surface area (Å²) >= 11 is 0. The lowest BCUT2D eigenvalue weighted by molar-refractivity contribution is 0.378. The largest absolute Gasteiger partial charge is 0.103 e. The summed E-state index contributed by atoms with van der Waals surface area (Å²) in [6, 6.07) is 0. The fourth-order valence-corrected chi connectivity index (χ4v) is 3.45. The van der Waals surface area contributed by atoms with Crippen LogP contribution in [0.1, 0.15) is 105 Å². The average Bonchev–Trinajstić information content (AvgIpc) is 2.54. The Labute approximate surface area is 154 Å². The normalized spacial score (nSPS) is 15.2. The summed E-state index contributed by atoms with van der Waals surface area (Å²) in [7, 11) is 0. The highest BCUT2D eigenvalue weighted by Crippen LogP contribution is 2.30. The Balaban J connectivity index is 4.34. The maximum absolute atomic E-state index is 4.48. The van der Waals surface area contributed by atoms with Gasteiger partial charge in [-0.1, -0.05) is 91.4 Å². The van der Waals surface area contributed by atoms with Gasteiger partial charge in [-0.15, -0.1) is 6.58 Å². The third-order valence-corrected chi connectivity index (χ3v) is 5.54. The molecule has 0 aliphatic rings. The molecule has 3 atom stereocenters. The molecule has 0 aromatic rings. The van der Waals surface area contributed by atoms with E-state index in [-0.39, 0.29) is 0 Å². The van der Waals surface area contributed by atoms with Crippen molar-refractivity contribution >= 4 is 0 Å². The summed E-state index contributed by atoms with van der Waals surface area (Å²) in [5.74, 6) is 3.06. The molecular weight excluding hydrogens is 288 g/mol. The zero-order valence-electron chi connectivity index (χ0n) is 17.6. The lowest BCUT2D eigenvalue weighted by Gasteiger charge is -2.23. The first-order chi connectivity index (χ1) is 11.4. The lowest BCUT2D eigenvalue weighted by atomic mass is 9.83. The van der Waals surface area contributed by atoms with Crippen LogP contribution >= 0.6 is 0 Å². The Kier molecular flexibility index (Phi) is 14.5. The molecule has 0 aliphatic carbocycles. The second-order valence-electron chi connectivity index (χ2n) is 8.61. The molecule has 0 heteroatoms. The summed E-state index contributed by atoms with van der Waals surface area (Å²) in [4.78, 5) is 0. The van der Waals surface area contributed by atoms with E-state index in [0.29, 0.717) is 5.92 Å². The molecule has 0 radical (unpaired) electrons. The van der Waals surface area contributed by atoms with Crippen LogP contribution in [-0.4, -0.2) is 0 Å². The van der Waals surface area contributed by atoms with Gasteiger partial charge >= 0.3 is 0 Å². The topological polar surface area (TPSA) is 0 Å². The molecule has 0 saturated heterocycles. The average molecular weight is 335 g/mol. The Bertz CT molecular complexity index is 312. The van der Waals surface area contributed by atoms with Gasteiger partial charge in [0, 0.05) is 0 Å². The van der Waals surface area contributed by atoms with Gasteiger partial charge in [-0.05, 0) is 55.8 Å². The minimum atomic E-state index is 0.637. The van der Waals surface area contributed by atoms with E-state index in [1.807, 2.05) is 0 Å². The van der Waals surface area contributed by atoms with Gasteiger partial charge in [0.15, 0.2) is 0 Å². The van der Waals surface area contributed by atoms with Gasteiger partial charge < -0.3 is 0 Å². The molecule has 142 valence electrons. The van der Waals surface area contributed by atoms with E-state index >= 15 is 0 Å². The maximum Gasteiger partial charge on any atom is -0.0206 e. The van der Waals surface area contributed by atoms with E-state index in [1.165, 1.54) is 76.2 Å². The minimum absolute atomic E-state index is 0.637. The summed E-state index contributed by atoms with van der Waals surface area (Å²) in [6.45, 7) is 20.1. The standard InChI is InChI=1S/C24H46/c1-8-10-11-14-22(6)17-19-24(18-16-21(5)9-2)23(7)15-12-13-20(3)4/h9,20-22,24H,2,7-8,10-19H2,1,3-6H3/t21-,22-,24+/m0/s1. The van der Waals surface area contributed by atoms with Crippen molar-refractivity contribution in [2.24, 2.45) is 23.7 Å². The SMILES string of the molecule is C=C[C@H](C)CC[C@H](CC[C@@H](C)CCCCC)C(=C)CCCC(C)C. The van der Waals surface area contributed by atoms with Crippen molar-refractivity contribution in [2.75, 3.05) is 0 Å². The van der Waals surface area contributed by atoms with Crippen LogP contribution in [0.3, 0.4) is 0 Å². The lowest BCUT2D eigenvalue weighted by Crippen LogP contribution is -2.09. The number of hydrogen-bond donors (Lipinski definition) is 0. The fraction of sp³-hybridized carbons (Fsp3) is 0.833. The van der Waals surface area contributed by atoms with E-state index in [2.05, 4.69) is 53.9 Å². The maximum atomic E-state index is 4.48. The Hall–Kier alpha value is -0.520. The second kappa shape index (κ2) is 14.8. The first-order valence-corrected chi connectivity index (χ1v) is 10.7. The number of hydrogen-bond acceptors (Lipinski definition) is 0. The number of rotatable bonds is 16. The van der Waals surface area contributed by atoms with Crippen LogP contribution in [0.25, 0.3) is 0 Å². The first-order valence-electron chi connectivity index (χ1n) is 10.7. The van der Waals surface area contributed by atoms with E-state index < -0.39 is 0 Å². The zero-order valence-corrected chi connectivity index (χ0v) is 17.6. The first kappa shape index (κ1) is 23.5. The second-order valence-corrected chi connectivity index (χ2v) is 8.61. The van der Waals surface area contributed by atoms with E-state index in [9.17, 15) is 0 Å². The van der Waals surface area contributed by atoms with Gasteiger partial charge in [-0.2, -0.15) is 0 Å². The molecule has 0 saturated carbocycles. The van der Waals surface area contributed by atoms with Gasteiger partial charge in [0.2, 0.25) is 0 Å². The molecule has 0 nitrogen and oxygen atoms in total. The highest BCUT2D eigenvalue weighted by molar-refractivity contribution is 5.01. The van der Waals surface area contributed by atoms with E-state index in [0.717, 1.165) is 17.8 Å². The predicted molar refractivity (Wildman–Crippen MR) is 112 cm³/mol. The van der Waals surface area contributed by atoms with Crippen LogP contribution in [0.4, 0.5) is 0 Å². The van der Waals surface area contributed by atoms with Crippen LogP contribution < -0.4 is 0 Å². The van der Waals surface area contributed by atoms with E-state index in [4.69, 9.17) is 0 Å². The molecule has 0 fully saturated rings. The minimum Gasteiger partial charge on any atom is -0.103 e. The highest BCUT2D eigenvalue weighted by Gasteiger charge is 2.15. The van der Waals surface area contributed by atoms with Gasteiger partial charge in [-0.3, -0.25) is 0 Å². The summed E-state index contributed by atoms with van der Waals surface area (Å²) < 4.78 is 0. The molecule has 0 aromatic heterocycles. The zero-order chi connectivity index (χ0) is 18.4. The number of allylic oxidation sites excluding steroid dienone is 2. The molecule has 0 rings (SSSR count). The predicted octanol–water partition coefficient (Wildman–Crippen LogP) is 8.58. The highest BCUT2D eigenvalue weighted by atomic mass is 14.2. The third kappa shape index (κ3) is 12.8. The van der Waals surface area contributed by atoms with Crippen molar-refractivity contribution in [3.05, 3.63) is 24.8 Å². The summed E-state index contributed by atoms with van der Waals surface area (Å²) in [5, 5.41) is 0. The van der Waals surface area contributed by atoms with Crippen LogP contribution in [0.15, 0.2) is 24.8 Å². The van der Waals surface area contributed by atoms with E-state index in [1.54, 1.807) is 0 Å². The van der Waals surface area contributed by atoms with Crippen molar-refractivity contribution in [3.8, 4) is 0 Å². The van der Waals surface area contributed by atoms with Crippen molar-refractivity contribution in [1.82, 2.24) is 0 Å². The van der Waals surface area contributed by atoms with Crippen molar-refractivity contribution in [2.45, 2.75) is 105 Å². The van der Waals surface area contributed by atoms with Crippen molar-refractivity contribution in [1.29, 1.82) is 0 Å². The van der Waals surface area contributed by atoms with Crippen LogP contribution in [0.2, 0.25) is 0 Å². The van der Waals surface area contributed by atoms with Crippen LogP contribution in [-0.2, 0) is 0 Å². The van der Waals surface area contributed by atoms with Crippen LogP contribution in [0, 0.1) is 23.7 Å². The summed E-state index contributed by atoms with van der Waals surface area (Å²) in [5.41, 5.74) is 1.52. The molecule has 0 bridgehead atoms. The van der Waals surface area contributed by atoms with Gasteiger partial charge in [-0.25, -0.2) is 0 Å². The van der Waals surface area contributed by atoms with Gasteiger partial charge in [0.25, 0.3) is 0 Å². The molecule has 0 N–H and O–H groups in total. The van der Waals surface area contributed by atoms with Crippen molar-refractivity contribution in [3.63, 3.8) is 0 Å². The van der Waals surface area contributed by atoms with Gasteiger partial charge in [0.1, 0.15) is 0 Å². The fourth-order valence-electron chi connectivity index (χ4n) is 3.45. The molecule has 0 unspecified atom stereocenters. The quantitative estimate of drug-likeness (QED) is 0.196. The molecular formula is C24H46. The third-order valence-electron chi connectivity index (χ3n) is 5.54. The Morgan fingerprint density at radius 1 is 0.833 bits per heavy atom. The van der Waals surface area contributed by atoms with Gasteiger partial charge in [0.05, 0.1) is 0 Å². The number of unbranched alkanes of at least 4 members (excludes halogenated alkanes) is 2. The molecule has 0 spiro atoms. The summed E-state index contributed by atoms with van der Waals surface area (Å²) in [6.07, 6.45) is 16.8. The molecule has 0 aliphatic heterocycles. The van der Waals surface area contributed by atoms with Crippen molar-refractivity contribution < 1.29 is 0 Å². The Morgan fingerprint density at radius 3 is 2.08 bits per heavy atom. The smallest absolute Gasteiger partial charge is 0.0206 e. The molecule has 24 heavy (non-hydrogen) atoms. The monoisotopic (exact) mass is 334 g/mol. The van der Waals surface area contributed by atoms with Crippen LogP contribution in [0.5, 0.6) is 0 Å². The molecule has 0 aromatic carbocycles.